The lowest BCUT2D eigenvalue weighted by molar-refractivity contribution is -0.0229. The van der Waals surface area contributed by atoms with Crippen LogP contribution in [-0.4, -0.2) is 47.4 Å². The highest BCUT2D eigenvalue weighted by molar-refractivity contribution is 5.95. The van der Waals surface area contributed by atoms with E-state index in [0.717, 1.165) is 29.8 Å². The molecular formula is C21H27N3O3. The molecule has 6 nitrogen and oxygen atoms in total. The highest BCUT2D eigenvalue weighted by Gasteiger charge is 2.29. The van der Waals surface area contributed by atoms with Gasteiger partial charge in [0.2, 0.25) is 0 Å². The molecule has 4 rings (SSSR count). The number of carbonyl (C=O) groups is 1. The molecule has 1 aliphatic heterocycles. The minimum atomic E-state index is -0.136. The molecule has 1 atom stereocenters. The molecule has 6 heteroatoms. The molecule has 2 heterocycles. The van der Waals surface area contributed by atoms with Gasteiger partial charge in [-0.05, 0) is 37.5 Å². The maximum Gasteiger partial charge on any atom is 0.257 e. The summed E-state index contributed by atoms with van der Waals surface area (Å²) in [7, 11) is 1.65. The van der Waals surface area contributed by atoms with Crippen LogP contribution >= 0.6 is 0 Å². The molecule has 27 heavy (non-hydrogen) atoms. The van der Waals surface area contributed by atoms with Crippen molar-refractivity contribution in [1.82, 2.24) is 14.7 Å². The van der Waals surface area contributed by atoms with Gasteiger partial charge in [-0.1, -0.05) is 25.0 Å². The first-order chi connectivity index (χ1) is 13.2. The van der Waals surface area contributed by atoms with E-state index < -0.39 is 0 Å². The summed E-state index contributed by atoms with van der Waals surface area (Å²) >= 11 is 0. The first-order valence-electron chi connectivity index (χ1n) is 9.76. The number of benzene rings is 1. The summed E-state index contributed by atoms with van der Waals surface area (Å²) in [5.41, 5.74) is 2.73. The fraction of sp³-hybridized carbons (Fsp3) is 0.524. The van der Waals surface area contributed by atoms with E-state index in [2.05, 4.69) is 9.78 Å². The summed E-state index contributed by atoms with van der Waals surface area (Å²) in [6.07, 6.45) is 6.42. The average Bonchev–Trinajstić information content (AvgIpc) is 3.37. The van der Waals surface area contributed by atoms with Crippen molar-refractivity contribution in [3.8, 4) is 5.75 Å². The monoisotopic (exact) mass is 369 g/mol. The quantitative estimate of drug-likeness (QED) is 0.827. The number of ether oxygens (including phenoxy) is 2. The maximum atomic E-state index is 13.1. The highest BCUT2D eigenvalue weighted by Crippen LogP contribution is 2.31. The zero-order chi connectivity index (χ0) is 18.8. The second kappa shape index (κ2) is 7.72. The van der Waals surface area contributed by atoms with Gasteiger partial charge in [0.1, 0.15) is 11.9 Å². The Kier molecular flexibility index (Phi) is 5.16. The van der Waals surface area contributed by atoms with E-state index in [4.69, 9.17) is 9.47 Å². The molecule has 1 aliphatic carbocycles. The molecule has 1 amide bonds. The molecule has 0 N–H and O–H groups in total. The zero-order valence-electron chi connectivity index (χ0n) is 16.1. The lowest BCUT2D eigenvalue weighted by atomic mass is 10.1. The van der Waals surface area contributed by atoms with Crippen LogP contribution in [-0.2, 0) is 4.74 Å². The predicted molar refractivity (Wildman–Crippen MR) is 102 cm³/mol. The first kappa shape index (κ1) is 18.0. The Labute approximate surface area is 160 Å². The third-order valence-electron chi connectivity index (χ3n) is 5.76. The third-order valence-corrected chi connectivity index (χ3v) is 5.76. The predicted octanol–water partition coefficient (Wildman–Crippen LogP) is 3.53. The van der Waals surface area contributed by atoms with E-state index in [1.165, 1.54) is 12.8 Å². The van der Waals surface area contributed by atoms with Crippen LogP contribution < -0.4 is 4.74 Å². The Hall–Kier alpha value is -2.34. The molecule has 144 valence electrons. The van der Waals surface area contributed by atoms with Gasteiger partial charge < -0.3 is 14.4 Å². The maximum absolute atomic E-state index is 13.1. The van der Waals surface area contributed by atoms with Crippen LogP contribution in [0, 0.1) is 6.92 Å². The van der Waals surface area contributed by atoms with Crippen molar-refractivity contribution < 1.29 is 14.3 Å². The van der Waals surface area contributed by atoms with E-state index in [1.807, 2.05) is 36.1 Å². The number of carbonyl (C=O) groups excluding carboxylic acids is 1. The molecular weight excluding hydrogens is 342 g/mol. The van der Waals surface area contributed by atoms with Gasteiger partial charge in [0, 0.05) is 12.2 Å². The van der Waals surface area contributed by atoms with E-state index in [1.54, 1.807) is 13.3 Å². The molecule has 2 aliphatic rings. The van der Waals surface area contributed by atoms with Gasteiger partial charge in [-0.25, -0.2) is 0 Å². The Balaban J connectivity index is 1.50. The van der Waals surface area contributed by atoms with E-state index in [9.17, 15) is 4.79 Å². The summed E-state index contributed by atoms with van der Waals surface area (Å²) in [6, 6.07) is 8.30. The largest absolute Gasteiger partial charge is 0.497 e. The molecule has 1 saturated heterocycles. The molecule has 2 fully saturated rings. The van der Waals surface area contributed by atoms with Gasteiger partial charge in [0.15, 0.2) is 0 Å². The number of hydrogen-bond donors (Lipinski definition) is 0. The van der Waals surface area contributed by atoms with E-state index in [0.29, 0.717) is 31.3 Å². The second-order valence-electron chi connectivity index (χ2n) is 7.41. The molecule has 1 aromatic carbocycles. The van der Waals surface area contributed by atoms with Crippen molar-refractivity contribution in [2.45, 2.75) is 44.8 Å². The lowest BCUT2D eigenvalue weighted by Gasteiger charge is -2.33. The van der Waals surface area contributed by atoms with Crippen molar-refractivity contribution in [3.63, 3.8) is 0 Å². The Morgan fingerprint density at radius 1 is 1.30 bits per heavy atom. The molecule has 0 spiro atoms. The van der Waals surface area contributed by atoms with E-state index in [-0.39, 0.29) is 12.0 Å². The number of methoxy groups -OCH3 is 1. The van der Waals surface area contributed by atoms with Crippen LogP contribution in [0.1, 0.15) is 59.4 Å². The van der Waals surface area contributed by atoms with Crippen LogP contribution in [0.3, 0.4) is 0 Å². The van der Waals surface area contributed by atoms with Gasteiger partial charge in [-0.3, -0.25) is 9.48 Å². The van der Waals surface area contributed by atoms with Crippen molar-refractivity contribution in [2.75, 3.05) is 26.8 Å². The number of hydrogen-bond acceptors (Lipinski definition) is 4. The number of rotatable bonds is 4. The third kappa shape index (κ3) is 3.58. The molecule has 0 bridgehead atoms. The molecule has 2 aromatic rings. The topological polar surface area (TPSA) is 56.6 Å². The van der Waals surface area contributed by atoms with Gasteiger partial charge in [-0.2, -0.15) is 5.10 Å². The Bertz CT molecular complexity index is 811. The normalized spacial score (nSPS) is 20.8. The van der Waals surface area contributed by atoms with E-state index >= 15 is 0 Å². The molecule has 1 saturated carbocycles. The SMILES string of the molecule is COc1cccc(C2CN(C(=O)c3cnn(C4CCCC4)c3C)CCO2)c1. The molecule has 1 aromatic heterocycles. The fourth-order valence-corrected chi connectivity index (χ4v) is 4.20. The second-order valence-corrected chi connectivity index (χ2v) is 7.41. The summed E-state index contributed by atoms with van der Waals surface area (Å²) in [4.78, 5) is 15.0. The van der Waals surface area contributed by atoms with Gasteiger partial charge in [0.25, 0.3) is 5.91 Å². The number of nitrogens with zero attached hydrogens (tertiary/aromatic N) is 3. The van der Waals surface area contributed by atoms with Crippen LogP contribution in [0.15, 0.2) is 30.5 Å². The molecule has 0 radical (unpaired) electrons. The first-order valence-corrected chi connectivity index (χ1v) is 9.76. The van der Waals surface area contributed by atoms with Crippen LogP contribution in [0.2, 0.25) is 0 Å². The minimum absolute atomic E-state index is 0.0490. The summed E-state index contributed by atoms with van der Waals surface area (Å²) in [5, 5.41) is 4.53. The zero-order valence-corrected chi connectivity index (χ0v) is 16.1. The smallest absolute Gasteiger partial charge is 0.257 e. The minimum Gasteiger partial charge on any atom is -0.497 e. The highest BCUT2D eigenvalue weighted by atomic mass is 16.5. The number of amides is 1. The van der Waals surface area contributed by atoms with Gasteiger partial charge in [0.05, 0.1) is 38.1 Å². The van der Waals surface area contributed by atoms with Gasteiger partial charge in [-0.15, -0.1) is 0 Å². The van der Waals surface area contributed by atoms with Crippen molar-refractivity contribution in [3.05, 3.63) is 47.3 Å². The van der Waals surface area contributed by atoms with Crippen LogP contribution in [0.5, 0.6) is 5.75 Å². The Morgan fingerprint density at radius 3 is 2.89 bits per heavy atom. The Morgan fingerprint density at radius 2 is 2.11 bits per heavy atom. The lowest BCUT2D eigenvalue weighted by Crippen LogP contribution is -2.42. The standard InChI is InChI=1S/C21H27N3O3/c1-15-19(13-22-24(15)17-7-3-4-8-17)21(25)23-10-11-27-20(14-23)16-6-5-9-18(12-16)26-2/h5-6,9,12-13,17,20H,3-4,7-8,10-11,14H2,1-2H3. The summed E-state index contributed by atoms with van der Waals surface area (Å²) < 4.78 is 13.3. The van der Waals surface area contributed by atoms with Crippen molar-refractivity contribution >= 4 is 5.91 Å². The number of morpholine rings is 1. The molecule has 1 unspecified atom stereocenters. The van der Waals surface area contributed by atoms with Gasteiger partial charge >= 0.3 is 0 Å². The van der Waals surface area contributed by atoms with Crippen LogP contribution in [0.4, 0.5) is 0 Å². The van der Waals surface area contributed by atoms with Crippen molar-refractivity contribution in [2.24, 2.45) is 0 Å². The summed E-state index contributed by atoms with van der Waals surface area (Å²) in [6.45, 7) is 3.69. The summed E-state index contributed by atoms with van der Waals surface area (Å²) in [5.74, 6) is 0.848. The van der Waals surface area contributed by atoms with Crippen LogP contribution in [0.25, 0.3) is 0 Å². The fourth-order valence-electron chi connectivity index (χ4n) is 4.20. The number of aromatic nitrogens is 2. The van der Waals surface area contributed by atoms with Crippen molar-refractivity contribution in [1.29, 1.82) is 0 Å². The average molecular weight is 369 g/mol.